The maximum Gasteiger partial charge on any atom is 0.252 e. The van der Waals surface area contributed by atoms with Crippen LogP contribution in [0.25, 0.3) is 0 Å². The van der Waals surface area contributed by atoms with Crippen molar-refractivity contribution in [3.63, 3.8) is 0 Å². The summed E-state index contributed by atoms with van der Waals surface area (Å²) in [4.78, 5) is 11.7. The largest absolute Gasteiger partial charge is 0.276 e. The number of benzene rings is 1. The Hall–Kier alpha value is -0.710. The molecule has 0 aliphatic carbocycles. The lowest BCUT2D eigenvalue weighted by Crippen LogP contribution is -2.27. The Balaban J connectivity index is 2.84. The molecule has 0 amide bonds. The van der Waals surface area contributed by atoms with E-state index in [1.54, 1.807) is 24.3 Å². The highest BCUT2D eigenvalue weighted by Crippen LogP contribution is 2.14. The molecule has 1 rings (SSSR count). The molecule has 1 aromatic carbocycles. The summed E-state index contributed by atoms with van der Waals surface area (Å²) in [7, 11) is -1.16. The van der Waals surface area contributed by atoms with Gasteiger partial charge in [-0.25, -0.2) is 8.51 Å². The molecule has 1 atom stereocenters. The first-order chi connectivity index (χ1) is 8.60. The quantitative estimate of drug-likeness (QED) is 0.722. The van der Waals surface area contributed by atoms with E-state index in [2.05, 4.69) is 13.8 Å². The van der Waals surface area contributed by atoms with E-state index >= 15 is 0 Å². The van der Waals surface area contributed by atoms with E-state index in [4.69, 9.17) is 11.6 Å². The molecule has 1 unspecified atom stereocenters. The molecule has 0 heterocycles. The summed E-state index contributed by atoms with van der Waals surface area (Å²) in [5, 5.41) is -0.494. The lowest BCUT2D eigenvalue weighted by Gasteiger charge is -2.19. The first kappa shape index (κ1) is 15.3. The predicted octanol–water partition coefficient (Wildman–Crippen LogP) is 3.21. The van der Waals surface area contributed by atoms with Gasteiger partial charge in [0.25, 0.3) is 5.24 Å². The smallest absolute Gasteiger partial charge is 0.252 e. The molecular formula is C13H18ClNO2S. The zero-order chi connectivity index (χ0) is 13.5. The Kier molecular flexibility index (Phi) is 6.54. The molecular weight excluding hydrogens is 270 g/mol. The third-order valence-corrected chi connectivity index (χ3v) is 4.19. The van der Waals surface area contributed by atoms with Crippen molar-refractivity contribution in [3.8, 4) is 0 Å². The van der Waals surface area contributed by atoms with E-state index in [-0.39, 0.29) is 0 Å². The van der Waals surface area contributed by atoms with Gasteiger partial charge in [0, 0.05) is 18.7 Å². The molecule has 0 spiro atoms. The van der Waals surface area contributed by atoms with E-state index in [1.807, 2.05) is 4.31 Å². The van der Waals surface area contributed by atoms with Crippen molar-refractivity contribution in [1.82, 2.24) is 4.31 Å². The molecule has 5 heteroatoms. The molecule has 0 saturated heterocycles. The molecule has 0 radical (unpaired) electrons. The first-order valence-corrected chi connectivity index (χ1v) is 7.55. The van der Waals surface area contributed by atoms with Crippen LogP contribution >= 0.6 is 11.6 Å². The Morgan fingerprint density at radius 1 is 1.17 bits per heavy atom. The van der Waals surface area contributed by atoms with E-state index in [0.717, 1.165) is 25.9 Å². The van der Waals surface area contributed by atoms with Gasteiger partial charge < -0.3 is 0 Å². The van der Waals surface area contributed by atoms with E-state index < -0.39 is 16.2 Å². The summed E-state index contributed by atoms with van der Waals surface area (Å²) >= 11 is 5.37. The van der Waals surface area contributed by atoms with Crippen LogP contribution in [0.15, 0.2) is 29.2 Å². The molecule has 0 aliphatic heterocycles. The Labute approximate surface area is 116 Å². The number of hydrogen-bond acceptors (Lipinski definition) is 2. The van der Waals surface area contributed by atoms with Gasteiger partial charge in [-0.15, -0.1) is 0 Å². The van der Waals surface area contributed by atoms with Crippen LogP contribution in [0.5, 0.6) is 0 Å². The molecule has 0 fully saturated rings. The third kappa shape index (κ3) is 4.19. The third-order valence-electron chi connectivity index (χ3n) is 2.46. The summed E-state index contributed by atoms with van der Waals surface area (Å²) in [6.07, 6.45) is 1.92. The minimum atomic E-state index is -1.16. The molecule has 3 nitrogen and oxygen atoms in total. The topological polar surface area (TPSA) is 37.4 Å². The Morgan fingerprint density at radius 3 is 2.06 bits per heavy atom. The van der Waals surface area contributed by atoms with Crippen molar-refractivity contribution >= 4 is 27.8 Å². The van der Waals surface area contributed by atoms with Gasteiger partial charge in [0.15, 0.2) is 0 Å². The number of carbonyl (C=O) groups is 1. The fourth-order valence-corrected chi connectivity index (χ4v) is 3.12. The molecule has 0 aromatic heterocycles. The van der Waals surface area contributed by atoms with Crippen LogP contribution in [0.3, 0.4) is 0 Å². The fraction of sp³-hybridized carbons (Fsp3) is 0.462. The van der Waals surface area contributed by atoms with Gasteiger partial charge >= 0.3 is 0 Å². The average Bonchev–Trinajstić information content (AvgIpc) is 2.38. The normalized spacial score (nSPS) is 12.7. The summed E-state index contributed by atoms with van der Waals surface area (Å²) in [5.74, 6) is 0. The highest BCUT2D eigenvalue weighted by atomic mass is 35.5. The molecule has 1 aromatic rings. The van der Waals surface area contributed by atoms with Crippen molar-refractivity contribution in [1.29, 1.82) is 0 Å². The highest BCUT2D eigenvalue weighted by molar-refractivity contribution is 7.82. The Morgan fingerprint density at radius 2 is 1.67 bits per heavy atom. The summed E-state index contributed by atoms with van der Waals surface area (Å²) in [5.41, 5.74) is 0.426. The van der Waals surface area contributed by atoms with Gasteiger partial charge in [-0.05, 0) is 48.7 Å². The lowest BCUT2D eigenvalue weighted by molar-refractivity contribution is 0.108. The van der Waals surface area contributed by atoms with Crippen molar-refractivity contribution in [2.45, 2.75) is 31.6 Å². The number of hydrogen-bond donors (Lipinski definition) is 0. The predicted molar refractivity (Wildman–Crippen MR) is 75.2 cm³/mol. The minimum absolute atomic E-state index is 0.426. The summed E-state index contributed by atoms with van der Waals surface area (Å²) in [6.45, 7) is 5.73. The summed E-state index contributed by atoms with van der Waals surface area (Å²) < 4.78 is 14.3. The van der Waals surface area contributed by atoms with Crippen LogP contribution in [0.4, 0.5) is 0 Å². The molecule has 0 saturated carbocycles. The van der Waals surface area contributed by atoms with Crippen molar-refractivity contribution in [2.75, 3.05) is 13.1 Å². The van der Waals surface area contributed by atoms with E-state index in [0.29, 0.717) is 10.5 Å². The van der Waals surface area contributed by atoms with Crippen LogP contribution in [0.1, 0.15) is 37.0 Å². The Bertz CT molecular complexity index is 414. The van der Waals surface area contributed by atoms with Gasteiger partial charge in [0.05, 0.1) is 4.90 Å². The lowest BCUT2D eigenvalue weighted by atomic mass is 10.2. The van der Waals surface area contributed by atoms with Crippen LogP contribution in [0, 0.1) is 0 Å². The number of rotatable bonds is 7. The van der Waals surface area contributed by atoms with Crippen LogP contribution < -0.4 is 0 Å². The zero-order valence-corrected chi connectivity index (χ0v) is 12.3. The van der Waals surface area contributed by atoms with Gasteiger partial charge in [0.2, 0.25) is 0 Å². The van der Waals surface area contributed by atoms with Crippen molar-refractivity contribution in [3.05, 3.63) is 29.8 Å². The first-order valence-electron chi connectivity index (χ1n) is 6.06. The number of halogens is 1. The molecule has 100 valence electrons. The zero-order valence-electron chi connectivity index (χ0n) is 10.7. The highest BCUT2D eigenvalue weighted by Gasteiger charge is 2.13. The van der Waals surface area contributed by atoms with Crippen molar-refractivity contribution < 1.29 is 9.00 Å². The standard InChI is InChI=1S/C13H18ClNO2S/c1-3-9-15(10-4-2)18(17)12-7-5-11(6-8-12)13(14)16/h5-8H,3-4,9-10H2,1-2H3. The van der Waals surface area contributed by atoms with Crippen molar-refractivity contribution in [2.24, 2.45) is 0 Å². The maximum absolute atomic E-state index is 12.3. The number of nitrogens with zero attached hydrogens (tertiary/aromatic N) is 1. The molecule has 0 aliphatic rings. The molecule has 18 heavy (non-hydrogen) atoms. The fourth-order valence-electron chi connectivity index (χ4n) is 1.63. The monoisotopic (exact) mass is 287 g/mol. The van der Waals surface area contributed by atoms with E-state index in [1.165, 1.54) is 0 Å². The second kappa shape index (κ2) is 7.67. The van der Waals surface area contributed by atoms with Gasteiger partial charge in [0.1, 0.15) is 11.0 Å². The van der Waals surface area contributed by atoms with E-state index in [9.17, 15) is 9.00 Å². The number of carbonyl (C=O) groups excluding carboxylic acids is 1. The SMILES string of the molecule is CCCN(CCC)S(=O)c1ccc(C(=O)Cl)cc1. The van der Waals surface area contributed by atoms with Gasteiger partial charge in [-0.3, -0.25) is 4.79 Å². The average molecular weight is 288 g/mol. The second-order valence-electron chi connectivity index (χ2n) is 3.98. The van der Waals surface area contributed by atoms with Gasteiger partial charge in [-0.2, -0.15) is 0 Å². The summed E-state index contributed by atoms with van der Waals surface area (Å²) in [6, 6.07) is 6.62. The van der Waals surface area contributed by atoms with Gasteiger partial charge in [-0.1, -0.05) is 13.8 Å². The molecule has 0 bridgehead atoms. The molecule has 0 N–H and O–H groups in total. The van der Waals surface area contributed by atoms with Crippen LogP contribution in [-0.4, -0.2) is 26.8 Å². The van der Waals surface area contributed by atoms with Crippen LogP contribution in [-0.2, 0) is 11.0 Å². The second-order valence-corrected chi connectivity index (χ2v) is 5.81. The van der Waals surface area contributed by atoms with Crippen LogP contribution in [0.2, 0.25) is 0 Å². The maximum atomic E-state index is 12.3. The minimum Gasteiger partial charge on any atom is -0.276 e.